The molecule has 0 saturated carbocycles. The first kappa shape index (κ1) is 14.6. The third-order valence-electron chi connectivity index (χ3n) is 3.06. The lowest BCUT2D eigenvalue weighted by Gasteiger charge is -2.21. The summed E-state index contributed by atoms with van der Waals surface area (Å²) in [6.07, 6.45) is 0. The number of rotatable bonds is 2. The molecule has 1 amide bonds. The fraction of sp³-hybridized carbons (Fsp3) is 0.333. The van der Waals surface area contributed by atoms with Crippen LogP contribution in [0.15, 0.2) is 29.1 Å². The van der Waals surface area contributed by atoms with Gasteiger partial charge in [0.15, 0.2) is 0 Å². The number of pyridine rings is 1. The molecule has 1 aromatic heterocycles. The molecule has 20 heavy (non-hydrogen) atoms. The fourth-order valence-corrected chi connectivity index (χ4v) is 2.22. The van der Waals surface area contributed by atoms with E-state index in [1.54, 1.807) is 18.2 Å². The van der Waals surface area contributed by atoms with Crippen molar-refractivity contribution in [2.45, 2.75) is 26.2 Å². The zero-order valence-corrected chi connectivity index (χ0v) is 12.5. The average Bonchev–Trinajstić information content (AvgIpc) is 2.36. The summed E-state index contributed by atoms with van der Waals surface area (Å²) >= 11 is 5.46. The van der Waals surface area contributed by atoms with E-state index in [0.717, 1.165) is 10.9 Å². The highest BCUT2D eigenvalue weighted by atomic mass is 35.5. The summed E-state index contributed by atoms with van der Waals surface area (Å²) in [6, 6.07) is 7.08. The standard InChI is InChI=1S/C15H17ClN2O2/c1-15(2,3)11-7-13(19)18-12-6-9(4-5-10(11)12)17-14(20)8-16/h4-7H,8H2,1-3H3,(H,17,20)(H,18,19). The van der Waals surface area contributed by atoms with Crippen LogP contribution in [0.3, 0.4) is 0 Å². The summed E-state index contributed by atoms with van der Waals surface area (Å²) < 4.78 is 0. The van der Waals surface area contributed by atoms with Gasteiger partial charge in [0.1, 0.15) is 5.88 Å². The zero-order valence-electron chi connectivity index (χ0n) is 11.7. The Morgan fingerprint density at radius 1 is 1.30 bits per heavy atom. The Morgan fingerprint density at radius 3 is 2.60 bits per heavy atom. The molecule has 0 aliphatic rings. The van der Waals surface area contributed by atoms with E-state index in [9.17, 15) is 9.59 Å². The Bertz CT molecular complexity index is 714. The average molecular weight is 293 g/mol. The van der Waals surface area contributed by atoms with Crippen LogP contribution in [-0.2, 0) is 10.2 Å². The number of alkyl halides is 1. The Labute approximate surface area is 122 Å². The summed E-state index contributed by atoms with van der Waals surface area (Å²) in [5.41, 5.74) is 2.02. The normalized spacial score (nSPS) is 11.6. The van der Waals surface area contributed by atoms with Crippen molar-refractivity contribution in [1.82, 2.24) is 4.98 Å². The van der Waals surface area contributed by atoms with Gasteiger partial charge in [-0.05, 0) is 23.1 Å². The lowest BCUT2D eigenvalue weighted by Crippen LogP contribution is -2.17. The van der Waals surface area contributed by atoms with E-state index >= 15 is 0 Å². The largest absolute Gasteiger partial charge is 0.325 e. The van der Waals surface area contributed by atoms with Crippen LogP contribution in [0.1, 0.15) is 26.3 Å². The first-order chi connectivity index (χ1) is 9.31. The number of amides is 1. The van der Waals surface area contributed by atoms with Crippen molar-refractivity contribution >= 4 is 34.1 Å². The van der Waals surface area contributed by atoms with E-state index in [0.29, 0.717) is 11.2 Å². The zero-order chi connectivity index (χ0) is 14.9. The highest BCUT2D eigenvalue weighted by Gasteiger charge is 2.18. The van der Waals surface area contributed by atoms with Crippen molar-refractivity contribution in [3.8, 4) is 0 Å². The Kier molecular flexibility index (Phi) is 3.86. The highest BCUT2D eigenvalue weighted by molar-refractivity contribution is 6.29. The van der Waals surface area contributed by atoms with Crippen LogP contribution in [0.25, 0.3) is 10.9 Å². The number of carbonyl (C=O) groups is 1. The van der Waals surface area contributed by atoms with Crippen molar-refractivity contribution in [3.05, 3.63) is 40.2 Å². The fourth-order valence-electron chi connectivity index (χ4n) is 2.15. The van der Waals surface area contributed by atoms with Crippen LogP contribution < -0.4 is 10.9 Å². The predicted octanol–water partition coefficient (Wildman–Crippen LogP) is 3.00. The maximum Gasteiger partial charge on any atom is 0.248 e. The van der Waals surface area contributed by atoms with Gasteiger partial charge in [-0.2, -0.15) is 0 Å². The minimum Gasteiger partial charge on any atom is -0.325 e. The second-order valence-electron chi connectivity index (χ2n) is 5.74. The van der Waals surface area contributed by atoms with Gasteiger partial charge in [-0.15, -0.1) is 11.6 Å². The van der Waals surface area contributed by atoms with E-state index in [-0.39, 0.29) is 22.8 Å². The van der Waals surface area contributed by atoms with Crippen LogP contribution in [0, 0.1) is 0 Å². The number of hydrogen-bond acceptors (Lipinski definition) is 2. The molecular weight excluding hydrogens is 276 g/mol. The van der Waals surface area contributed by atoms with Gasteiger partial charge in [0.05, 0.1) is 5.52 Å². The van der Waals surface area contributed by atoms with Gasteiger partial charge in [0.2, 0.25) is 11.5 Å². The van der Waals surface area contributed by atoms with Crippen molar-refractivity contribution in [3.63, 3.8) is 0 Å². The van der Waals surface area contributed by atoms with Crippen LogP contribution in [0.5, 0.6) is 0 Å². The number of anilines is 1. The second kappa shape index (κ2) is 5.29. The molecule has 1 heterocycles. The molecule has 4 nitrogen and oxygen atoms in total. The summed E-state index contributed by atoms with van der Waals surface area (Å²) in [7, 11) is 0. The van der Waals surface area contributed by atoms with Gasteiger partial charge in [-0.3, -0.25) is 9.59 Å². The molecule has 5 heteroatoms. The molecule has 0 unspecified atom stereocenters. The number of H-pyrrole nitrogens is 1. The van der Waals surface area contributed by atoms with Crippen molar-refractivity contribution in [1.29, 1.82) is 0 Å². The maximum atomic E-state index is 11.8. The molecule has 2 rings (SSSR count). The van der Waals surface area contributed by atoms with Gasteiger partial charge in [0.25, 0.3) is 0 Å². The molecular formula is C15H17ClN2O2. The number of halogens is 1. The molecule has 0 atom stereocenters. The van der Waals surface area contributed by atoms with Crippen LogP contribution >= 0.6 is 11.6 Å². The minimum atomic E-state index is -0.277. The van der Waals surface area contributed by atoms with Gasteiger partial charge in [0, 0.05) is 17.1 Å². The van der Waals surface area contributed by atoms with Crippen molar-refractivity contribution in [2.24, 2.45) is 0 Å². The first-order valence-corrected chi connectivity index (χ1v) is 6.88. The highest BCUT2D eigenvalue weighted by Crippen LogP contribution is 2.29. The van der Waals surface area contributed by atoms with Gasteiger partial charge in [-0.1, -0.05) is 26.8 Å². The number of aromatic amines is 1. The number of aromatic nitrogens is 1. The molecule has 0 radical (unpaired) electrons. The molecule has 2 aromatic rings. The number of benzene rings is 1. The molecule has 106 valence electrons. The predicted molar refractivity (Wildman–Crippen MR) is 82.6 cm³/mol. The summed E-state index contributed by atoms with van der Waals surface area (Å²) in [5.74, 6) is -0.378. The van der Waals surface area contributed by atoms with Crippen molar-refractivity contribution < 1.29 is 4.79 Å². The molecule has 0 bridgehead atoms. The maximum absolute atomic E-state index is 11.8. The smallest absolute Gasteiger partial charge is 0.248 e. The molecule has 1 aromatic carbocycles. The van der Waals surface area contributed by atoms with E-state index in [2.05, 4.69) is 31.1 Å². The summed E-state index contributed by atoms with van der Waals surface area (Å²) in [4.78, 5) is 25.9. The third-order valence-corrected chi connectivity index (χ3v) is 3.30. The Balaban J connectivity index is 2.59. The quantitative estimate of drug-likeness (QED) is 0.836. The van der Waals surface area contributed by atoms with E-state index in [4.69, 9.17) is 11.6 Å². The summed E-state index contributed by atoms with van der Waals surface area (Å²) in [6.45, 7) is 6.18. The molecule has 0 saturated heterocycles. The van der Waals surface area contributed by atoms with E-state index in [1.165, 1.54) is 0 Å². The van der Waals surface area contributed by atoms with E-state index < -0.39 is 0 Å². The third kappa shape index (κ3) is 3.02. The second-order valence-corrected chi connectivity index (χ2v) is 6.01. The van der Waals surface area contributed by atoms with E-state index in [1.807, 2.05) is 6.07 Å². The number of hydrogen-bond donors (Lipinski definition) is 2. The van der Waals surface area contributed by atoms with Gasteiger partial charge < -0.3 is 10.3 Å². The number of carbonyl (C=O) groups excluding carboxylic acids is 1. The molecule has 0 spiro atoms. The first-order valence-electron chi connectivity index (χ1n) is 6.34. The minimum absolute atomic E-state index is 0.101. The van der Waals surface area contributed by atoms with Crippen LogP contribution in [0.4, 0.5) is 5.69 Å². The van der Waals surface area contributed by atoms with Crippen LogP contribution in [0.2, 0.25) is 0 Å². The Morgan fingerprint density at radius 2 is 2.00 bits per heavy atom. The molecule has 0 aliphatic heterocycles. The number of nitrogens with one attached hydrogen (secondary N) is 2. The number of fused-ring (bicyclic) bond motifs is 1. The monoisotopic (exact) mass is 292 g/mol. The van der Waals surface area contributed by atoms with Gasteiger partial charge >= 0.3 is 0 Å². The molecule has 2 N–H and O–H groups in total. The van der Waals surface area contributed by atoms with Crippen molar-refractivity contribution in [2.75, 3.05) is 11.2 Å². The SMILES string of the molecule is CC(C)(C)c1cc(=O)[nH]c2cc(NC(=O)CCl)ccc12. The molecule has 0 aliphatic carbocycles. The van der Waals surface area contributed by atoms with Gasteiger partial charge in [-0.25, -0.2) is 0 Å². The Hall–Kier alpha value is -1.81. The lowest BCUT2D eigenvalue weighted by atomic mass is 9.85. The van der Waals surface area contributed by atoms with Crippen LogP contribution in [-0.4, -0.2) is 16.8 Å². The molecule has 0 fully saturated rings. The summed E-state index contributed by atoms with van der Waals surface area (Å²) in [5, 5.41) is 3.64. The lowest BCUT2D eigenvalue weighted by molar-refractivity contribution is -0.113. The topological polar surface area (TPSA) is 62.0 Å².